The molecule has 6 heteroatoms. The van der Waals surface area contributed by atoms with Gasteiger partial charge in [0.25, 0.3) is 0 Å². The van der Waals surface area contributed by atoms with Crippen molar-refractivity contribution in [3.05, 3.63) is 82.2 Å². The number of hydrogen-bond donors (Lipinski definition) is 2. The molecule has 1 saturated heterocycles. The van der Waals surface area contributed by atoms with Crippen LogP contribution < -0.4 is 5.32 Å². The van der Waals surface area contributed by atoms with Gasteiger partial charge < -0.3 is 10.4 Å². The lowest BCUT2D eigenvalue weighted by Gasteiger charge is -2.25. The van der Waals surface area contributed by atoms with Crippen LogP contribution in [0.1, 0.15) is 30.0 Å². The zero-order valence-electron chi connectivity index (χ0n) is 17.5. The van der Waals surface area contributed by atoms with E-state index in [1.54, 1.807) is 0 Å². The van der Waals surface area contributed by atoms with Gasteiger partial charge in [-0.2, -0.15) is 0 Å². The van der Waals surface area contributed by atoms with Crippen molar-refractivity contribution in [3.63, 3.8) is 0 Å². The van der Waals surface area contributed by atoms with Crippen LogP contribution in [0.15, 0.2) is 60.8 Å². The van der Waals surface area contributed by atoms with E-state index in [4.69, 9.17) is 23.2 Å². The van der Waals surface area contributed by atoms with Gasteiger partial charge in [0.05, 0.1) is 22.8 Å². The van der Waals surface area contributed by atoms with Crippen molar-refractivity contribution < 1.29 is 5.11 Å². The summed E-state index contributed by atoms with van der Waals surface area (Å²) in [4.78, 5) is 9.24. The number of halogens is 2. The van der Waals surface area contributed by atoms with Crippen molar-refractivity contribution in [2.24, 2.45) is 0 Å². The number of nitrogens with one attached hydrogen (secondary N) is 1. The van der Waals surface area contributed by atoms with Crippen LogP contribution in [0, 0.1) is 0 Å². The minimum Gasteiger partial charge on any atom is -0.392 e. The number of hydrogen-bond acceptors (Lipinski definition) is 4. The van der Waals surface area contributed by atoms with Gasteiger partial charge >= 0.3 is 0 Å². The van der Waals surface area contributed by atoms with Gasteiger partial charge in [0, 0.05) is 35.2 Å². The molecule has 0 amide bonds. The monoisotopic (exact) mass is 463 g/mol. The Morgan fingerprint density at radius 3 is 2.62 bits per heavy atom. The molecule has 1 unspecified atom stereocenters. The number of rotatable bonds is 4. The molecule has 4 nitrogen and oxygen atoms in total. The van der Waals surface area contributed by atoms with E-state index in [2.05, 4.69) is 15.3 Å². The third-order valence-corrected chi connectivity index (χ3v) is 6.85. The number of aliphatic hydroxyl groups is 1. The molecule has 32 heavy (non-hydrogen) atoms. The van der Waals surface area contributed by atoms with Crippen molar-refractivity contribution >= 4 is 34.1 Å². The summed E-state index contributed by atoms with van der Waals surface area (Å²) in [6.45, 7) is 1.86. The molecule has 4 aromatic rings. The number of fused-ring (bicyclic) bond motifs is 1. The summed E-state index contributed by atoms with van der Waals surface area (Å²) in [5.41, 5.74) is 6.18. The average molecular weight is 464 g/mol. The Morgan fingerprint density at radius 1 is 1.03 bits per heavy atom. The molecule has 1 aliphatic rings. The average Bonchev–Trinajstić information content (AvgIpc) is 2.84. The first-order valence-electron chi connectivity index (χ1n) is 10.8. The predicted octanol–water partition coefficient (Wildman–Crippen LogP) is 6.23. The van der Waals surface area contributed by atoms with Gasteiger partial charge in [-0.1, -0.05) is 59.6 Å². The maximum Gasteiger partial charge on any atom is 0.139 e. The number of piperidine rings is 1. The molecule has 0 saturated carbocycles. The molecule has 2 aromatic heterocycles. The van der Waals surface area contributed by atoms with E-state index in [0.29, 0.717) is 16.1 Å². The molecule has 0 radical (unpaired) electrons. The van der Waals surface area contributed by atoms with Gasteiger partial charge in [-0.25, -0.2) is 4.98 Å². The van der Waals surface area contributed by atoms with Crippen LogP contribution in [-0.2, 0) is 6.61 Å². The highest BCUT2D eigenvalue weighted by molar-refractivity contribution is 6.42. The molecule has 162 valence electrons. The highest BCUT2D eigenvalue weighted by atomic mass is 35.5. The molecule has 2 aromatic carbocycles. The fourth-order valence-corrected chi connectivity index (χ4v) is 5.29. The van der Waals surface area contributed by atoms with Crippen molar-refractivity contribution in [2.75, 3.05) is 13.1 Å². The quantitative estimate of drug-likeness (QED) is 0.352. The fraction of sp³-hybridized carbons (Fsp3) is 0.231. The second kappa shape index (κ2) is 9.16. The van der Waals surface area contributed by atoms with Crippen LogP contribution in [0.25, 0.3) is 33.2 Å². The lowest BCUT2D eigenvalue weighted by atomic mass is 9.89. The number of aromatic nitrogens is 2. The molecule has 0 bridgehead atoms. The number of pyridine rings is 2. The zero-order chi connectivity index (χ0) is 22.1. The molecule has 3 heterocycles. The van der Waals surface area contributed by atoms with E-state index in [9.17, 15) is 5.11 Å². The van der Waals surface area contributed by atoms with Gasteiger partial charge in [-0.05, 0) is 54.3 Å². The van der Waals surface area contributed by atoms with E-state index in [-0.39, 0.29) is 6.61 Å². The molecule has 0 aliphatic carbocycles. The summed E-state index contributed by atoms with van der Waals surface area (Å²) in [6.07, 6.45) is 4.02. The maximum atomic E-state index is 10.3. The Kier molecular flexibility index (Phi) is 6.11. The van der Waals surface area contributed by atoms with Crippen molar-refractivity contribution in [3.8, 4) is 22.3 Å². The Hall–Kier alpha value is -2.50. The van der Waals surface area contributed by atoms with Gasteiger partial charge in [0.1, 0.15) is 5.15 Å². The van der Waals surface area contributed by atoms with Crippen LogP contribution in [0.2, 0.25) is 10.2 Å². The lowest BCUT2D eigenvalue weighted by molar-refractivity contribution is 0.278. The van der Waals surface area contributed by atoms with Crippen LogP contribution in [0.5, 0.6) is 0 Å². The molecule has 2 N–H and O–H groups in total. The minimum atomic E-state index is -0.0606. The van der Waals surface area contributed by atoms with Crippen molar-refractivity contribution in [1.82, 2.24) is 15.3 Å². The molecule has 1 atom stereocenters. The first-order chi connectivity index (χ1) is 15.7. The van der Waals surface area contributed by atoms with E-state index >= 15 is 0 Å². The molecule has 1 aliphatic heterocycles. The third-order valence-electron chi connectivity index (χ3n) is 6.18. The van der Waals surface area contributed by atoms with Crippen molar-refractivity contribution in [1.29, 1.82) is 0 Å². The summed E-state index contributed by atoms with van der Waals surface area (Å²) in [5, 5.41) is 15.5. The minimum absolute atomic E-state index is 0.0606. The summed E-state index contributed by atoms with van der Waals surface area (Å²) in [5.74, 6) is 0.306. The normalized spacial score (nSPS) is 16.4. The van der Waals surface area contributed by atoms with E-state index in [1.807, 2.05) is 60.8 Å². The summed E-state index contributed by atoms with van der Waals surface area (Å²) < 4.78 is 0. The lowest BCUT2D eigenvalue weighted by Crippen LogP contribution is -2.29. The van der Waals surface area contributed by atoms with Crippen LogP contribution >= 0.6 is 23.2 Å². The Labute approximate surface area is 197 Å². The highest BCUT2D eigenvalue weighted by Gasteiger charge is 2.22. The Bertz CT molecular complexity index is 1270. The number of aliphatic hydroxyl groups excluding tert-OH is 1. The second-order valence-corrected chi connectivity index (χ2v) is 8.85. The second-order valence-electron chi connectivity index (χ2n) is 8.11. The van der Waals surface area contributed by atoms with Crippen LogP contribution in [0.3, 0.4) is 0 Å². The van der Waals surface area contributed by atoms with Crippen molar-refractivity contribution in [2.45, 2.75) is 25.4 Å². The van der Waals surface area contributed by atoms with Gasteiger partial charge in [-0.15, -0.1) is 0 Å². The Balaban J connectivity index is 1.66. The summed E-state index contributed by atoms with van der Waals surface area (Å²) in [6, 6.07) is 17.7. The van der Waals surface area contributed by atoms with E-state index < -0.39 is 0 Å². The number of nitrogens with zero attached hydrogens (tertiary/aromatic N) is 2. The first-order valence-corrected chi connectivity index (χ1v) is 11.6. The standard InChI is InChI=1S/C26H23Cl2N3O/c27-24-20-13-17(8-9-22(20)31-26(28)23(24)16-5-2-1-3-6-16)19-10-12-30-25(21(19)15-32)18-7-4-11-29-14-18/h1-3,5-6,8-10,12-13,18,29,32H,4,7,11,14-15H2. The molecular formula is C26H23Cl2N3O. The SMILES string of the molecule is OCc1c(-c2ccc3nc(Cl)c(-c4ccccc4)c(Cl)c3c2)ccnc1C1CCCNC1. The summed E-state index contributed by atoms with van der Waals surface area (Å²) in [7, 11) is 0. The smallest absolute Gasteiger partial charge is 0.139 e. The number of benzene rings is 2. The Morgan fingerprint density at radius 2 is 1.88 bits per heavy atom. The highest BCUT2D eigenvalue weighted by Crippen LogP contribution is 2.40. The third kappa shape index (κ3) is 3.89. The topological polar surface area (TPSA) is 58.0 Å². The van der Waals surface area contributed by atoms with Gasteiger partial charge in [-0.3, -0.25) is 4.98 Å². The zero-order valence-corrected chi connectivity index (χ0v) is 19.0. The fourth-order valence-electron chi connectivity index (χ4n) is 4.60. The molecule has 0 spiro atoms. The molecule has 5 rings (SSSR count). The van der Waals surface area contributed by atoms with E-state index in [1.165, 1.54) is 0 Å². The van der Waals surface area contributed by atoms with Gasteiger partial charge in [0.2, 0.25) is 0 Å². The van der Waals surface area contributed by atoms with Crippen LogP contribution in [-0.4, -0.2) is 28.2 Å². The molecule has 1 fully saturated rings. The molecular weight excluding hydrogens is 441 g/mol. The van der Waals surface area contributed by atoms with Gasteiger partial charge in [0.15, 0.2) is 0 Å². The predicted molar refractivity (Wildman–Crippen MR) is 131 cm³/mol. The maximum absolute atomic E-state index is 10.3. The van der Waals surface area contributed by atoms with E-state index in [0.717, 1.165) is 70.3 Å². The largest absolute Gasteiger partial charge is 0.392 e. The summed E-state index contributed by atoms with van der Waals surface area (Å²) >= 11 is 13.4. The van der Waals surface area contributed by atoms with Crippen LogP contribution in [0.4, 0.5) is 0 Å². The first kappa shape index (κ1) is 21.4.